The smallest absolute Gasteiger partial charge is 0.253 e. The van der Waals surface area contributed by atoms with Gasteiger partial charge in [-0.3, -0.25) is 30.3 Å². The standard InChI is InChI=1S/C9H13N3O6/c1-8(6-2-3-6,7-4-5-7)9(10(13)14,11(15)16)12(17)18/h6-7H,2-5H2,1H3. The van der Waals surface area contributed by atoms with E-state index >= 15 is 0 Å². The Hall–Kier alpha value is -1.80. The second-order valence-electron chi connectivity index (χ2n) is 5.24. The maximum atomic E-state index is 11.1. The normalized spacial score (nSPS) is 20.5. The van der Waals surface area contributed by atoms with Gasteiger partial charge in [0.1, 0.15) is 0 Å². The quantitative estimate of drug-likeness (QED) is 0.401. The minimum Gasteiger partial charge on any atom is -0.253 e. The van der Waals surface area contributed by atoms with Gasteiger partial charge < -0.3 is 0 Å². The summed E-state index contributed by atoms with van der Waals surface area (Å²) in [5, 5.41) is 33.4. The highest BCUT2D eigenvalue weighted by molar-refractivity contribution is 5.04. The molecule has 0 N–H and O–H groups in total. The van der Waals surface area contributed by atoms with Crippen molar-refractivity contribution in [2.75, 3.05) is 0 Å². The second kappa shape index (κ2) is 3.59. The molecule has 0 atom stereocenters. The van der Waals surface area contributed by atoms with Crippen LogP contribution in [0.3, 0.4) is 0 Å². The minimum atomic E-state index is -3.31. The van der Waals surface area contributed by atoms with E-state index in [4.69, 9.17) is 0 Å². The largest absolute Gasteiger partial charge is 0.705 e. The summed E-state index contributed by atoms with van der Waals surface area (Å²) < 4.78 is 0. The van der Waals surface area contributed by atoms with Crippen LogP contribution in [0.15, 0.2) is 0 Å². The van der Waals surface area contributed by atoms with Gasteiger partial charge in [-0.2, -0.15) is 0 Å². The Balaban J connectivity index is 2.60. The number of rotatable bonds is 6. The van der Waals surface area contributed by atoms with Gasteiger partial charge in [0.2, 0.25) is 0 Å². The topological polar surface area (TPSA) is 129 Å². The third-order valence-electron chi connectivity index (χ3n) is 4.34. The zero-order valence-corrected chi connectivity index (χ0v) is 9.77. The first kappa shape index (κ1) is 12.7. The van der Waals surface area contributed by atoms with E-state index in [-0.39, 0.29) is 11.8 Å². The van der Waals surface area contributed by atoms with Crippen molar-refractivity contribution in [3.63, 3.8) is 0 Å². The van der Waals surface area contributed by atoms with Crippen molar-refractivity contribution in [3.8, 4) is 0 Å². The molecule has 18 heavy (non-hydrogen) atoms. The molecule has 0 spiro atoms. The molecule has 0 unspecified atom stereocenters. The molecule has 0 aromatic heterocycles. The summed E-state index contributed by atoms with van der Waals surface area (Å²) in [5.41, 5.74) is -1.50. The second-order valence-corrected chi connectivity index (χ2v) is 5.24. The van der Waals surface area contributed by atoms with Crippen LogP contribution in [0.4, 0.5) is 0 Å². The number of nitrogens with zero attached hydrogens (tertiary/aromatic N) is 3. The van der Waals surface area contributed by atoms with Crippen LogP contribution < -0.4 is 0 Å². The number of nitro groups is 3. The lowest BCUT2D eigenvalue weighted by Gasteiger charge is -2.28. The Morgan fingerprint density at radius 2 is 1.11 bits per heavy atom. The van der Waals surface area contributed by atoms with Crippen LogP contribution >= 0.6 is 0 Å². The van der Waals surface area contributed by atoms with Gasteiger partial charge >= 0.3 is 5.79 Å². The fourth-order valence-electron chi connectivity index (χ4n) is 3.04. The molecule has 2 aliphatic rings. The third-order valence-corrected chi connectivity index (χ3v) is 4.34. The summed E-state index contributed by atoms with van der Waals surface area (Å²) in [6.45, 7) is 1.34. The Morgan fingerprint density at radius 3 is 1.28 bits per heavy atom. The predicted octanol–water partition coefficient (Wildman–Crippen LogP) is 1.30. The summed E-state index contributed by atoms with van der Waals surface area (Å²) >= 11 is 0. The van der Waals surface area contributed by atoms with Crippen molar-refractivity contribution < 1.29 is 14.8 Å². The molecule has 0 bridgehead atoms. The molecule has 0 aromatic rings. The monoisotopic (exact) mass is 259 g/mol. The summed E-state index contributed by atoms with van der Waals surface area (Å²) in [5.74, 6) is -3.91. The van der Waals surface area contributed by atoms with Gasteiger partial charge in [0.15, 0.2) is 20.2 Å². The van der Waals surface area contributed by atoms with Crippen LogP contribution in [0.1, 0.15) is 32.6 Å². The minimum absolute atomic E-state index is 0.300. The lowest BCUT2D eigenvalue weighted by molar-refractivity contribution is -0.988. The van der Waals surface area contributed by atoms with Crippen LogP contribution in [-0.4, -0.2) is 20.6 Å². The molecule has 9 heteroatoms. The van der Waals surface area contributed by atoms with Crippen LogP contribution in [0.5, 0.6) is 0 Å². The van der Waals surface area contributed by atoms with Gasteiger partial charge in [-0.25, -0.2) is 0 Å². The maximum Gasteiger partial charge on any atom is 0.705 e. The highest BCUT2D eigenvalue weighted by Crippen LogP contribution is 2.63. The fraction of sp³-hybridized carbons (Fsp3) is 1.00. The summed E-state index contributed by atoms with van der Waals surface area (Å²) in [4.78, 5) is 29.5. The van der Waals surface area contributed by atoms with E-state index in [0.29, 0.717) is 25.7 Å². The van der Waals surface area contributed by atoms with E-state index < -0.39 is 26.0 Å². The van der Waals surface area contributed by atoms with Crippen molar-refractivity contribution in [2.24, 2.45) is 17.3 Å². The molecule has 100 valence electrons. The van der Waals surface area contributed by atoms with E-state index in [1.807, 2.05) is 0 Å². The van der Waals surface area contributed by atoms with Crippen LogP contribution in [-0.2, 0) is 0 Å². The third kappa shape index (κ3) is 1.33. The summed E-state index contributed by atoms with van der Waals surface area (Å²) in [7, 11) is 0. The summed E-state index contributed by atoms with van der Waals surface area (Å²) in [6.07, 6.45) is 2.35. The molecule has 0 aromatic carbocycles. The number of hydrogen-bond donors (Lipinski definition) is 0. The molecular formula is C9H13N3O6. The van der Waals surface area contributed by atoms with Crippen LogP contribution in [0, 0.1) is 47.6 Å². The average Bonchev–Trinajstić information content (AvgIpc) is 3.10. The van der Waals surface area contributed by atoms with Crippen molar-refractivity contribution >= 4 is 0 Å². The van der Waals surface area contributed by atoms with Gasteiger partial charge in [0.25, 0.3) is 0 Å². The van der Waals surface area contributed by atoms with Gasteiger partial charge in [-0.15, -0.1) is 0 Å². The highest BCUT2D eigenvalue weighted by atomic mass is 16.7. The molecule has 0 heterocycles. The molecule has 2 rings (SSSR count). The predicted molar refractivity (Wildman–Crippen MR) is 57.3 cm³/mol. The molecule has 0 amide bonds. The maximum absolute atomic E-state index is 11.1. The van der Waals surface area contributed by atoms with Gasteiger partial charge in [0, 0.05) is 0 Å². The van der Waals surface area contributed by atoms with Gasteiger partial charge in [0.05, 0.1) is 0 Å². The molecule has 2 saturated carbocycles. The van der Waals surface area contributed by atoms with Crippen LogP contribution in [0.25, 0.3) is 0 Å². The molecule has 0 radical (unpaired) electrons. The van der Waals surface area contributed by atoms with E-state index in [9.17, 15) is 30.3 Å². The zero-order valence-electron chi connectivity index (χ0n) is 9.77. The Morgan fingerprint density at radius 1 is 0.833 bits per heavy atom. The van der Waals surface area contributed by atoms with Crippen LogP contribution in [0.2, 0.25) is 0 Å². The van der Waals surface area contributed by atoms with Gasteiger partial charge in [-0.1, -0.05) is 0 Å². The first-order chi connectivity index (χ1) is 8.29. The molecule has 0 saturated heterocycles. The zero-order chi connectivity index (χ0) is 13.7. The highest BCUT2D eigenvalue weighted by Gasteiger charge is 2.88. The van der Waals surface area contributed by atoms with Gasteiger partial charge in [-0.05, 0) is 44.4 Å². The van der Waals surface area contributed by atoms with E-state index in [1.165, 1.54) is 6.92 Å². The summed E-state index contributed by atoms with van der Waals surface area (Å²) in [6, 6.07) is 0. The van der Waals surface area contributed by atoms with Crippen molar-refractivity contribution in [1.82, 2.24) is 0 Å². The average molecular weight is 259 g/mol. The van der Waals surface area contributed by atoms with Crippen molar-refractivity contribution in [3.05, 3.63) is 30.3 Å². The lowest BCUT2D eigenvalue weighted by atomic mass is 9.73. The fourth-order valence-corrected chi connectivity index (χ4v) is 3.04. The van der Waals surface area contributed by atoms with E-state index in [2.05, 4.69) is 0 Å². The Labute approximate surface area is 102 Å². The molecule has 9 nitrogen and oxygen atoms in total. The molecule has 2 fully saturated rings. The van der Waals surface area contributed by atoms with E-state index in [0.717, 1.165) is 0 Å². The Kier molecular flexibility index (Phi) is 2.53. The van der Waals surface area contributed by atoms with Crippen molar-refractivity contribution in [1.29, 1.82) is 0 Å². The molecule has 2 aliphatic carbocycles. The first-order valence-electron chi connectivity index (χ1n) is 5.73. The molecule has 0 aliphatic heterocycles. The molecular weight excluding hydrogens is 246 g/mol. The number of hydrogen-bond acceptors (Lipinski definition) is 6. The SMILES string of the molecule is CC(C1CC1)(C1CC1)C([N+](=O)[O-])([N+](=O)[O-])[N+](=O)[O-]. The van der Waals surface area contributed by atoms with E-state index in [1.54, 1.807) is 0 Å². The van der Waals surface area contributed by atoms with Crippen molar-refractivity contribution in [2.45, 2.75) is 38.4 Å². The Bertz CT molecular complexity index is 380. The first-order valence-corrected chi connectivity index (χ1v) is 5.73. The lowest BCUT2D eigenvalue weighted by Crippen LogP contribution is -2.65.